The van der Waals surface area contributed by atoms with Gasteiger partial charge in [-0.25, -0.2) is 0 Å². The molecule has 1 aromatic rings. The maximum Gasteiger partial charge on any atom is 0.305 e. The predicted molar refractivity (Wildman–Crippen MR) is 66.9 cm³/mol. The van der Waals surface area contributed by atoms with E-state index in [2.05, 4.69) is 10.1 Å². The van der Waals surface area contributed by atoms with Gasteiger partial charge in [0, 0.05) is 19.5 Å². The molecule has 0 radical (unpaired) electrons. The molecule has 1 rings (SSSR count). The molecular formula is C13H17NO4. The zero-order chi connectivity index (χ0) is 13.9. The molecule has 1 amide bonds. The van der Waals surface area contributed by atoms with Crippen molar-refractivity contribution in [3.05, 3.63) is 29.3 Å². The number of carbonyl (C=O) groups is 2. The third kappa shape index (κ3) is 3.30. The van der Waals surface area contributed by atoms with Gasteiger partial charge in [0.25, 0.3) is 11.7 Å². The number of aryl methyl sites for hydroxylation is 2. The second-order valence-electron chi connectivity index (χ2n) is 4.30. The fourth-order valence-electron chi connectivity index (χ4n) is 1.57. The van der Waals surface area contributed by atoms with Crippen molar-refractivity contribution in [2.45, 2.75) is 33.5 Å². The number of hydrogen-bond acceptors (Lipinski definition) is 4. The fraction of sp³-hybridized carbons (Fsp3) is 0.385. The standard InChI is InChI=1S/C13H17NO4/c1-8-6-5-7-9(2)11(8)14-12(16)13(4,17)18-10(3)15/h5-7,17H,1-4H3,(H,14,16). The SMILES string of the molecule is CC(=O)OC(C)(O)C(=O)Nc1c(C)cccc1C. The van der Waals surface area contributed by atoms with E-state index in [4.69, 9.17) is 0 Å². The first-order valence-corrected chi connectivity index (χ1v) is 5.53. The molecule has 0 aliphatic carbocycles. The Morgan fingerprint density at radius 3 is 2.22 bits per heavy atom. The van der Waals surface area contributed by atoms with E-state index in [0.717, 1.165) is 25.0 Å². The van der Waals surface area contributed by atoms with Crippen LogP contribution in [0.15, 0.2) is 18.2 Å². The summed E-state index contributed by atoms with van der Waals surface area (Å²) in [6.45, 7) is 5.92. The Bertz CT molecular complexity index is 460. The zero-order valence-electron chi connectivity index (χ0n) is 10.9. The summed E-state index contributed by atoms with van der Waals surface area (Å²) >= 11 is 0. The normalized spacial score (nSPS) is 13.6. The van der Waals surface area contributed by atoms with Crippen LogP contribution in [0.3, 0.4) is 0 Å². The number of amides is 1. The second kappa shape index (κ2) is 5.18. The van der Waals surface area contributed by atoms with Gasteiger partial charge in [0.1, 0.15) is 0 Å². The molecule has 1 aromatic carbocycles. The lowest BCUT2D eigenvalue weighted by atomic mass is 10.1. The molecule has 98 valence electrons. The van der Waals surface area contributed by atoms with E-state index in [9.17, 15) is 14.7 Å². The molecule has 0 aliphatic heterocycles. The summed E-state index contributed by atoms with van der Waals surface area (Å²) in [5.74, 6) is -3.69. The minimum Gasteiger partial charge on any atom is -0.424 e. The summed E-state index contributed by atoms with van der Waals surface area (Å²) in [4.78, 5) is 22.6. The summed E-state index contributed by atoms with van der Waals surface area (Å²) in [6.07, 6.45) is 0. The average Bonchev–Trinajstić information content (AvgIpc) is 2.21. The minimum atomic E-state index is -2.18. The first-order chi connectivity index (χ1) is 8.24. The summed E-state index contributed by atoms with van der Waals surface area (Å²) in [7, 11) is 0. The highest BCUT2D eigenvalue weighted by atomic mass is 16.7. The van der Waals surface area contributed by atoms with Crippen LogP contribution in [-0.2, 0) is 14.3 Å². The Labute approximate surface area is 106 Å². The van der Waals surface area contributed by atoms with Crippen molar-refractivity contribution >= 4 is 17.6 Å². The molecule has 1 atom stereocenters. The van der Waals surface area contributed by atoms with E-state index in [1.807, 2.05) is 32.0 Å². The molecule has 0 saturated heterocycles. The van der Waals surface area contributed by atoms with Gasteiger partial charge in [0.05, 0.1) is 0 Å². The van der Waals surface area contributed by atoms with Crippen molar-refractivity contribution in [2.24, 2.45) is 0 Å². The Hall–Kier alpha value is -1.88. The van der Waals surface area contributed by atoms with E-state index < -0.39 is 17.7 Å². The molecule has 0 heterocycles. The van der Waals surface area contributed by atoms with Gasteiger partial charge < -0.3 is 15.2 Å². The molecule has 0 aromatic heterocycles. The van der Waals surface area contributed by atoms with Gasteiger partial charge in [0.2, 0.25) is 0 Å². The van der Waals surface area contributed by atoms with Crippen LogP contribution in [0.2, 0.25) is 0 Å². The Morgan fingerprint density at radius 2 is 1.78 bits per heavy atom. The number of esters is 1. The highest BCUT2D eigenvalue weighted by Gasteiger charge is 2.34. The van der Waals surface area contributed by atoms with E-state index in [1.54, 1.807) is 0 Å². The number of hydrogen-bond donors (Lipinski definition) is 2. The maximum atomic E-state index is 11.8. The Morgan fingerprint density at radius 1 is 1.28 bits per heavy atom. The van der Waals surface area contributed by atoms with Crippen molar-refractivity contribution in [1.29, 1.82) is 0 Å². The van der Waals surface area contributed by atoms with Crippen LogP contribution in [-0.4, -0.2) is 22.8 Å². The molecule has 18 heavy (non-hydrogen) atoms. The molecule has 2 N–H and O–H groups in total. The minimum absolute atomic E-state index is 0.606. The van der Waals surface area contributed by atoms with Crippen molar-refractivity contribution in [3.63, 3.8) is 0 Å². The van der Waals surface area contributed by atoms with Crippen LogP contribution in [0, 0.1) is 13.8 Å². The molecule has 0 aliphatic rings. The van der Waals surface area contributed by atoms with Gasteiger partial charge in [-0.3, -0.25) is 9.59 Å². The molecule has 5 nitrogen and oxygen atoms in total. The molecule has 0 saturated carbocycles. The lowest BCUT2D eigenvalue weighted by molar-refractivity contribution is -0.200. The summed E-state index contributed by atoms with van der Waals surface area (Å²) in [5.41, 5.74) is 2.33. The third-order valence-corrected chi connectivity index (χ3v) is 2.48. The monoisotopic (exact) mass is 251 g/mol. The summed E-state index contributed by atoms with van der Waals surface area (Å²) < 4.78 is 4.56. The van der Waals surface area contributed by atoms with Crippen LogP contribution in [0.1, 0.15) is 25.0 Å². The first kappa shape index (κ1) is 14.2. The largest absolute Gasteiger partial charge is 0.424 e. The van der Waals surface area contributed by atoms with Crippen LogP contribution in [0.25, 0.3) is 0 Å². The van der Waals surface area contributed by atoms with Crippen LogP contribution < -0.4 is 5.32 Å². The second-order valence-corrected chi connectivity index (χ2v) is 4.30. The summed E-state index contributed by atoms with van der Waals surface area (Å²) in [6, 6.07) is 5.54. The topological polar surface area (TPSA) is 75.6 Å². The van der Waals surface area contributed by atoms with Crippen molar-refractivity contribution < 1.29 is 19.4 Å². The van der Waals surface area contributed by atoms with E-state index in [0.29, 0.717) is 5.69 Å². The number of carbonyl (C=O) groups excluding carboxylic acids is 2. The number of ether oxygens (including phenoxy) is 1. The number of anilines is 1. The number of nitrogens with one attached hydrogen (secondary N) is 1. The van der Waals surface area contributed by atoms with Crippen molar-refractivity contribution in [1.82, 2.24) is 0 Å². The first-order valence-electron chi connectivity index (χ1n) is 5.53. The van der Waals surface area contributed by atoms with Gasteiger partial charge >= 0.3 is 5.97 Å². The molecule has 1 unspecified atom stereocenters. The van der Waals surface area contributed by atoms with Crippen molar-refractivity contribution in [2.75, 3.05) is 5.32 Å². The van der Waals surface area contributed by atoms with Gasteiger partial charge in [-0.05, 0) is 25.0 Å². The van der Waals surface area contributed by atoms with Gasteiger partial charge in [-0.15, -0.1) is 0 Å². The highest BCUT2D eigenvalue weighted by molar-refractivity contribution is 5.98. The summed E-state index contributed by atoms with van der Waals surface area (Å²) in [5, 5.41) is 12.3. The number of benzene rings is 1. The third-order valence-electron chi connectivity index (χ3n) is 2.48. The fourth-order valence-corrected chi connectivity index (χ4v) is 1.57. The molecule has 0 spiro atoms. The van der Waals surface area contributed by atoms with E-state index in [1.165, 1.54) is 0 Å². The van der Waals surface area contributed by atoms with Gasteiger partial charge in [-0.2, -0.15) is 0 Å². The van der Waals surface area contributed by atoms with Crippen LogP contribution in [0.4, 0.5) is 5.69 Å². The van der Waals surface area contributed by atoms with Gasteiger partial charge in [-0.1, -0.05) is 18.2 Å². The zero-order valence-corrected chi connectivity index (χ0v) is 10.9. The van der Waals surface area contributed by atoms with Gasteiger partial charge in [0.15, 0.2) is 0 Å². The quantitative estimate of drug-likeness (QED) is 0.630. The number of para-hydroxylation sites is 1. The van der Waals surface area contributed by atoms with Crippen LogP contribution >= 0.6 is 0 Å². The smallest absolute Gasteiger partial charge is 0.305 e. The lowest BCUT2D eigenvalue weighted by Gasteiger charge is -2.22. The molecule has 0 bridgehead atoms. The van der Waals surface area contributed by atoms with E-state index in [-0.39, 0.29) is 0 Å². The average molecular weight is 251 g/mol. The molecule has 0 fully saturated rings. The number of aliphatic hydroxyl groups is 1. The van der Waals surface area contributed by atoms with Crippen molar-refractivity contribution in [3.8, 4) is 0 Å². The highest BCUT2D eigenvalue weighted by Crippen LogP contribution is 2.21. The van der Waals surface area contributed by atoms with E-state index >= 15 is 0 Å². The lowest BCUT2D eigenvalue weighted by Crippen LogP contribution is -2.43. The predicted octanol–water partition coefficient (Wildman–Crippen LogP) is 1.51. The molecular weight excluding hydrogens is 234 g/mol. The maximum absolute atomic E-state index is 11.8. The molecule has 5 heteroatoms. The Kier molecular flexibility index (Phi) is 4.08. The Balaban J connectivity index is 2.91. The number of rotatable bonds is 3. The van der Waals surface area contributed by atoms with Crippen LogP contribution in [0.5, 0.6) is 0 Å².